The maximum atomic E-state index is 14.3. The zero-order valence-electron chi connectivity index (χ0n) is 20.3. The summed E-state index contributed by atoms with van der Waals surface area (Å²) in [7, 11) is 0. The average Bonchev–Trinajstić information content (AvgIpc) is 2.94. The Bertz CT molecular complexity index is 1430. The minimum Gasteiger partial charge on any atom is -0.366 e. The maximum Gasteiger partial charge on any atom is 0.243 e. The number of carbonyl (C=O) groups is 1. The predicted octanol–water partition coefficient (Wildman–Crippen LogP) is 4.06. The van der Waals surface area contributed by atoms with E-state index < -0.39 is 11.8 Å². The topological polar surface area (TPSA) is 85.1 Å². The number of carbonyl (C=O) groups excluding carboxylic acids is 1. The van der Waals surface area contributed by atoms with Crippen LogP contribution in [-0.2, 0) is 11.2 Å². The van der Waals surface area contributed by atoms with Crippen LogP contribution in [0.3, 0.4) is 0 Å². The van der Waals surface area contributed by atoms with Crippen LogP contribution in [0.15, 0.2) is 78.9 Å². The first-order valence-corrected chi connectivity index (χ1v) is 12.4. The summed E-state index contributed by atoms with van der Waals surface area (Å²) in [6, 6.07) is 26.2. The molecule has 1 fully saturated rings. The molecule has 0 saturated carbocycles. The Labute approximate surface area is 215 Å². The first-order valence-electron chi connectivity index (χ1n) is 12.4. The van der Waals surface area contributed by atoms with Crippen LogP contribution in [0.5, 0.6) is 0 Å². The van der Waals surface area contributed by atoms with Gasteiger partial charge in [-0.3, -0.25) is 4.79 Å². The molecule has 7 nitrogen and oxygen atoms in total. The van der Waals surface area contributed by atoms with Crippen molar-refractivity contribution < 1.29 is 9.18 Å². The molecule has 1 atom stereocenters. The normalized spacial score (nSPS) is 14.3. The highest BCUT2D eigenvalue weighted by atomic mass is 19.1. The highest BCUT2D eigenvalue weighted by Gasteiger charge is 2.30. The standard InChI is InChI=1S/C29H27FN6O/c30-23-10-4-7-13-26(23)35-16-18-36(19-17-35)28-27(33-24-11-5-6-12-25(24)34-28)22(20-31)29(37)32-15-14-21-8-2-1-3-9-21/h1-13,22H,14-19H2,(H,32,37)/t22-/m1/s1. The number of anilines is 2. The predicted molar refractivity (Wildman–Crippen MR) is 142 cm³/mol. The minimum atomic E-state index is -1.10. The molecule has 1 amide bonds. The summed E-state index contributed by atoms with van der Waals surface area (Å²) in [5.41, 5.74) is 3.34. The number of nitrogens with zero attached hydrogens (tertiary/aromatic N) is 5. The van der Waals surface area contributed by atoms with Crippen molar-refractivity contribution in [2.45, 2.75) is 12.3 Å². The van der Waals surface area contributed by atoms with Crippen molar-refractivity contribution >= 4 is 28.4 Å². The molecule has 0 spiro atoms. The monoisotopic (exact) mass is 494 g/mol. The van der Waals surface area contributed by atoms with Crippen molar-refractivity contribution in [1.29, 1.82) is 5.26 Å². The van der Waals surface area contributed by atoms with Gasteiger partial charge in [-0.2, -0.15) is 5.26 Å². The zero-order valence-corrected chi connectivity index (χ0v) is 20.3. The Morgan fingerprint density at radius 1 is 0.892 bits per heavy atom. The van der Waals surface area contributed by atoms with E-state index in [1.807, 2.05) is 70.5 Å². The van der Waals surface area contributed by atoms with E-state index in [2.05, 4.69) is 11.4 Å². The SMILES string of the molecule is N#C[C@@H](C(=O)NCCc1ccccc1)c1nc2ccccc2nc1N1CCN(c2ccccc2F)CC1. The summed E-state index contributed by atoms with van der Waals surface area (Å²) in [5.74, 6) is -1.22. The lowest BCUT2D eigenvalue weighted by Gasteiger charge is -2.37. The van der Waals surface area contributed by atoms with Crippen molar-refractivity contribution in [1.82, 2.24) is 15.3 Å². The molecule has 0 bridgehead atoms. The summed E-state index contributed by atoms with van der Waals surface area (Å²) in [4.78, 5) is 26.7. The molecule has 4 aromatic rings. The quantitative estimate of drug-likeness (QED) is 0.417. The van der Waals surface area contributed by atoms with Gasteiger partial charge in [-0.25, -0.2) is 14.4 Å². The van der Waals surface area contributed by atoms with Gasteiger partial charge in [-0.15, -0.1) is 0 Å². The Morgan fingerprint density at radius 3 is 2.22 bits per heavy atom. The van der Waals surface area contributed by atoms with Crippen LogP contribution in [0.25, 0.3) is 11.0 Å². The van der Waals surface area contributed by atoms with E-state index >= 15 is 0 Å². The van der Waals surface area contributed by atoms with Crippen molar-refractivity contribution in [3.8, 4) is 6.07 Å². The fourth-order valence-electron chi connectivity index (χ4n) is 4.62. The summed E-state index contributed by atoms with van der Waals surface area (Å²) >= 11 is 0. The smallest absolute Gasteiger partial charge is 0.243 e. The Balaban J connectivity index is 1.38. The molecule has 37 heavy (non-hydrogen) atoms. The van der Waals surface area contributed by atoms with Gasteiger partial charge in [0.15, 0.2) is 11.7 Å². The minimum absolute atomic E-state index is 0.251. The molecule has 3 aromatic carbocycles. The van der Waals surface area contributed by atoms with Crippen LogP contribution in [0, 0.1) is 17.1 Å². The van der Waals surface area contributed by atoms with Crippen LogP contribution in [-0.4, -0.2) is 48.6 Å². The molecule has 1 aliphatic heterocycles. The molecule has 5 rings (SSSR count). The number of aromatic nitrogens is 2. The molecule has 0 radical (unpaired) electrons. The molecule has 0 aliphatic carbocycles. The van der Waals surface area contributed by atoms with Gasteiger partial charge in [0.05, 0.1) is 22.8 Å². The second kappa shape index (κ2) is 11.0. The fourth-order valence-corrected chi connectivity index (χ4v) is 4.62. The van der Waals surface area contributed by atoms with Gasteiger partial charge in [-0.05, 0) is 36.2 Å². The second-order valence-electron chi connectivity index (χ2n) is 8.94. The largest absolute Gasteiger partial charge is 0.366 e. The molecule has 1 saturated heterocycles. The van der Waals surface area contributed by atoms with Gasteiger partial charge in [0.1, 0.15) is 11.5 Å². The number of halogens is 1. The number of para-hydroxylation sites is 3. The maximum absolute atomic E-state index is 14.3. The molecular weight excluding hydrogens is 467 g/mol. The van der Waals surface area contributed by atoms with E-state index in [4.69, 9.17) is 9.97 Å². The third-order valence-electron chi connectivity index (χ3n) is 6.57. The number of hydrogen-bond donors (Lipinski definition) is 1. The molecule has 1 N–H and O–H groups in total. The van der Waals surface area contributed by atoms with Gasteiger partial charge in [0.25, 0.3) is 0 Å². The van der Waals surface area contributed by atoms with Gasteiger partial charge in [-0.1, -0.05) is 54.6 Å². The Hall–Kier alpha value is -4.51. The van der Waals surface area contributed by atoms with E-state index in [0.717, 1.165) is 5.56 Å². The van der Waals surface area contributed by atoms with E-state index in [0.29, 0.717) is 67.4 Å². The summed E-state index contributed by atoms with van der Waals surface area (Å²) in [5, 5.41) is 12.9. The number of nitriles is 1. The van der Waals surface area contributed by atoms with Crippen molar-refractivity contribution in [2.75, 3.05) is 42.5 Å². The zero-order chi connectivity index (χ0) is 25.6. The van der Waals surface area contributed by atoms with Gasteiger partial charge >= 0.3 is 0 Å². The van der Waals surface area contributed by atoms with Gasteiger partial charge in [0, 0.05) is 32.7 Å². The van der Waals surface area contributed by atoms with Crippen LogP contribution in [0.4, 0.5) is 15.9 Å². The highest BCUT2D eigenvalue weighted by molar-refractivity contribution is 5.89. The number of rotatable bonds is 7. The molecule has 186 valence electrons. The number of fused-ring (bicyclic) bond motifs is 1. The van der Waals surface area contributed by atoms with Gasteiger partial charge in [0.2, 0.25) is 5.91 Å². The summed E-state index contributed by atoms with van der Waals surface area (Å²) < 4.78 is 14.3. The van der Waals surface area contributed by atoms with Crippen LogP contribution >= 0.6 is 0 Å². The number of benzene rings is 3. The molecule has 1 aliphatic rings. The first kappa shape index (κ1) is 24.2. The Morgan fingerprint density at radius 2 is 1.51 bits per heavy atom. The number of piperazine rings is 1. The first-order chi connectivity index (χ1) is 18.1. The van der Waals surface area contributed by atoms with E-state index in [-0.39, 0.29) is 5.82 Å². The number of hydrogen-bond acceptors (Lipinski definition) is 6. The lowest BCUT2D eigenvalue weighted by molar-refractivity contribution is -0.121. The van der Waals surface area contributed by atoms with E-state index in [1.165, 1.54) is 6.07 Å². The lowest BCUT2D eigenvalue weighted by Crippen LogP contribution is -2.47. The van der Waals surface area contributed by atoms with E-state index in [1.54, 1.807) is 12.1 Å². The highest BCUT2D eigenvalue weighted by Crippen LogP contribution is 2.29. The van der Waals surface area contributed by atoms with Crippen molar-refractivity contribution in [2.24, 2.45) is 0 Å². The summed E-state index contributed by atoms with van der Waals surface area (Å²) in [6.07, 6.45) is 0.666. The molecule has 0 unspecified atom stereocenters. The summed E-state index contributed by atoms with van der Waals surface area (Å²) in [6.45, 7) is 2.69. The molecule has 2 heterocycles. The molecule has 8 heteroatoms. The van der Waals surface area contributed by atoms with Crippen molar-refractivity contribution in [3.05, 3.63) is 95.9 Å². The third kappa shape index (κ3) is 5.36. The molecular formula is C29H27FN6O. The van der Waals surface area contributed by atoms with E-state index in [9.17, 15) is 14.4 Å². The van der Waals surface area contributed by atoms with Crippen LogP contribution < -0.4 is 15.1 Å². The Kier molecular flexibility index (Phi) is 7.22. The van der Waals surface area contributed by atoms with Crippen LogP contribution in [0.2, 0.25) is 0 Å². The van der Waals surface area contributed by atoms with Crippen LogP contribution in [0.1, 0.15) is 17.2 Å². The average molecular weight is 495 g/mol. The number of nitrogens with one attached hydrogen (secondary N) is 1. The number of amides is 1. The lowest BCUT2D eigenvalue weighted by atomic mass is 10.0. The van der Waals surface area contributed by atoms with Crippen molar-refractivity contribution in [3.63, 3.8) is 0 Å². The second-order valence-corrected chi connectivity index (χ2v) is 8.94. The molecule has 1 aromatic heterocycles. The van der Waals surface area contributed by atoms with Gasteiger partial charge < -0.3 is 15.1 Å². The fraction of sp³-hybridized carbons (Fsp3) is 0.241. The third-order valence-corrected chi connectivity index (χ3v) is 6.57.